The minimum atomic E-state index is 1.04. The van der Waals surface area contributed by atoms with Gasteiger partial charge in [0, 0.05) is 6.42 Å². The molecule has 0 rings (SSSR count). The van der Waals surface area contributed by atoms with Gasteiger partial charge in [-0.05, 0) is 12.5 Å². The summed E-state index contributed by atoms with van der Waals surface area (Å²) in [5.41, 5.74) is 0. The summed E-state index contributed by atoms with van der Waals surface area (Å²) in [5.74, 6) is 5.92. The lowest BCUT2D eigenvalue weighted by Crippen LogP contribution is -1.77. The molecule has 0 fully saturated rings. The monoisotopic (exact) mass is 164 g/mol. The lowest BCUT2D eigenvalue weighted by atomic mass is 10.1. The van der Waals surface area contributed by atoms with Crippen molar-refractivity contribution >= 4 is 0 Å². The van der Waals surface area contributed by atoms with Crippen LogP contribution in [0.1, 0.15) is 51.9 Å². The largest absolute Gasteiger partial charge is 0.0985 e. The molecule has 0 aromatic rings. The third-order valence-electron chi connectivity index (χ3n) is 1.86. The number of rotatable bonds is 6. The van der Waals surface area contributed by atoms with Crippen molar-refractivity contribution < 1.29 is 0 Å². The zero-order chi connectivity index (χ0) is 9.07. The van der Waals surface area contributed by atoms with Gasteiger partial charge in [-0.2, -0.15) is 0 Å². The highest BCUT2D eigenvalue weighted by Gasteiger charge is 1.87. The lowest BCUT2D eigenvalue weighted by Gasteiger charge is -1.96. The van der Waals surface area contributed by atoms with Gasteiger partial charge >= 0.3 is 0 Å². The van der Waals surface area contributed by atoms with Gasteiger partial charge in [0.2, 0.25) is 0 Å². The second kappa shape index (κ2) is 10.3. The van der Waals surface area contributed by atoms with Crippen LogP contribution in [0, 0.1) is 11.8 Å². The molecule has 0 aliphatic carbocycles. The van der Waals surface area contributed by atoms with Crippen molar-refractivity contribution in [1.29, 1.82) is 0 Å². The maximum absolute atomic E-state index is 3.55. The summed E-state index contributed by atoms with van der Waals surface area (Å²) in [6.07, 6.45) is 10.8. The van der Waals surface area contributed by atoms with Gasteiger partial charge in [-0.25, -0.2) is 0 Å². The molecule has 0 amide bonds. The van der Waals surface area contributed by atoms with E-state index in [0.29, 0.717) is 0 Å². The van der Waals surface area contributed by atoms with Crippen LogP contribution < -0.4 is 0 Å². The topological polar surface area (TPSA) is 0 Å². The molecule has 0 heteroatoms. The average molecular weight is 164 g/mol. The van der Waals surface area contributed by atoms with Crippen LogP contribution >= 0.6 is 0 Å². The minimum absolute atomic E-state index is 1.04. The molecule has 0 nitrogen and oxygen atoms in total. The van der Waals surface area contributed by atoms with Crippen molar-refractivity contribution in [3.63, 3.8) is 0 Å². The van der Waals surface area contributed by atoms with Crippen molar-refractivity contribution in [2.75, 3.05) is 0 Å². The predicted octanol–water partition coefficient (Wildman–Crippen LogP) is 3.93. The molecule has 0 aliphatic rings. The van der Waals surface area contributed by atoms with E-state index in [9.17, 15) is 0 Å². The van der Waals surface area contributed by atoms with Gasteiger partial charge in [-0.1, -0.05) is 57.4 Å². The van der Waals surface area contributed by atoms with Crippen LogP contribution in [0.25, 0.3) is 0 Å². The molecule has 68 valence electrons. The molecule has 0 radical (unpaired) electrons. The van der Waals surface area contributed by atoms with Gasteiger partial charge in [0.15, 0.2) is 0 Å². The van der Waals surface area contributed by atoms with Gasteiger partial charge in [0.1, 0.15) is 0 Å². The maximum Gasteiger partial charge on any atom is 0.00922 e. The molecule has 0 saturated carbocycles. The van der Waals surface area contributed by atoms with Crippen LogP contribution in [-0.2, 0) is 0 Å². The quantitative estimate of drug-likeness (QED) is 0.412. The first-order valence-corrected chi connectivity index (χ1v) is 5.01. The van der Waals surface area contributed by atoms with E-state index in [1.165, 1.54) is 38.5 Å². The van der Waals surface area contributed by atoms with Crippen molar-refractivity contribution in [3.8, 4) is 11.8 Å². The molecule has 0 aromatic carbocycles. The van der Waals surface area contributed by atoms with Crippen LogP contribution in [0.4, 0.5) is 0 Å². The highest BCUT2D eigenvalue weighted by atomic mass is 13.9. The Hall–Kier alpha value is -0.700. The molecule has 0 aliphatic heterocycles. The zero-order valence-electron chi connectivity index (χ0n) is 8.23. The van der Waals surface area contributed by atoms with Gasteiger partial charge in [0.25, 0.3) is 0 Å². The maximum atomic E-state index is 3.55. The summed E-state index contributed by atoms with van der Waals surface area (Å²) in [6, 6.07) is 0. The Morgan fingerprint density at radius 2 is 1.75 bits per heavy atom. The van der Waals surface area contributed by atoms with Crippen molar-refractivity contribution in [1.82, 2.24) is 0 Å². The van der Waals surface area contributed by atoms with Crippen LogP contribution in [-0.4, -0.2) is 0 Å². The molecule has 0 saturated heterocycles. The molecule has 0 bridgehead atoms. The van der Waals surface area contributed by atoms with E-state index in [1.54, 1.807) is 6.08 Å². The first-order chi connectivity index (χ1) is 5.91. The van der Waals surface area contributed by atoms with E-state index >= 15 is 0 Å². The Bertz CT molecular complexity index is 145. The smallest absolute Gasteiger partial charge is 0.00922 e. The third-order valence-corrected chi connectivity index (χ3v) is 1.86. The lowest BCUT2D eigenvalue weighted by molar-refractivity contribution is 0.614. The third kappa shape index (κ3) is 9.30. The fourth-order valence-electron chi connectivity index (χ4n) is 1.14. The van der Waals surface area contributed by atoms with E-state index in [-0.39, 0.29) is 0 Å². The second-order valence-electron chi connectivity index (χ2n) is 3.04. The molecule has 0 unspecified atom stereocenters. The van der Waals surface area contributed by atoms with Crippen molar-refractivity contribution in [3.05, 3.63) is 12.7 Å². The molecular weight excluding hydrogens is 144 g/mol. The summed E-state index contributed by atoms with van der Waals surface area (Å²) in [4.78, 5) is 0. The van der Waals surface area contributed by atoms with E-state index in [2.05, 4.69) is 25.3 Å². The van der Waals surface area contributed by atoms with Crippen LogP contribution in [0.2, 0.25) is 0 Å². The number of hydrogen-bond acceptors (Lipinski definition) is 0. The molecule has 0 N–H and O–H groups in total. The Kier molecular flexibility index (Phi) is 9.70. The van der Waals surface area contributed by atoms with Gasteiger partial charge in [-0.15, -0.1) is 0 Å². The van der Waals surface area contributed by atoms with E-state index in [4.69, 9.17) is 0 Å². The van der Waals surface area contributed by atoms with Gasteiger partial charge in [-0.3, -0.25) is 0 Å². The molecule has 0 spiro atoms. The molecule has 12 heavy (non-hydrogen) atoms. The minimum Gasteiger partial charge on any atom is -0.0985 e. The van der Waals surface area contributed by atoms with Gasteiger partial charge in [0.05, 0.1) is 0 Å². The number of hydrogen-bond donors (Lipinski definition) is 0. The second-order valence-corrected chi connectivity index (χ2v) is 3.04. The summed E-state index contributed by atoms with van der Waals surface area (Å²) < 4.78 is 0. The SMILES string of the molecule is C=CC#CCCCCCCCC. The molecule has 0 atom stereocenters. The molecular formula is C12H20. The standard InChI is InChI=1S/C12H20/c1-3-5-7-9-11-12-10-8-6-4-2/h3H,1,4,6,8-12H2,2H3. The average Bonchev–Trinajstić information content (AvgIpc) is 2.10. The Morgan fingerprint density at radius 1 is 1.08 bits per heavy atom. The van der Waals surface area contributed by atoms with E-state index in [1.807, 2.05) is 0 Å². The predicted molar refractivity (Wildman–Crippen MR) is 56.0 cm³/mol. The summed E-state index contributed by atoms with van der Waals surface area (Å²) in [5, 5.41) is 0. The fraction of sp³-hybridized carbons (Fsp3) is 0.667. The number of unbranched alkanes of at least 4 members (excludes halogenated alkanes) is 6. The highest BCUT2D eigenvalue weighted by molar-refractivity contribution is 5.11. The first-order valence-electron chi connectivity index (χ1n) is 5.01. The van der Waals surface area contributed by atoms with Crippen LogP contribution in [0.5, 0.6) is 0 Å². The summed E-state index contributed by atoms with van der Waals surface area (Å²) >= 11 is 0. The summed E-state index contributed by atoms with van der Waals surface area (Å²) in [7, 11) is 0. The Labute approximate surface area is 77.1 Å². The fourth-order valence-corrected chi connectivity index (χ4v) is 1.14. The number of allylic oxidation sites excluding steroid dienone is 1. The first kappa shape index (κ1) is 11.3. The normalized spacial score (nSPS) is 8.75. The van der Waals surface area contributed by atoms with E-state index in [0.717, 1.165) is 6.42 Å². The van der Waals surface area contributed by atoms with E-state index < -0.39 is 0 Å². The van der Waals surface area contributed by atoms with Crippen LogP contribution in [0.15, 0.2) is 12.7 Å². The summed E-state index contributed by atoms with van der Waals surface area (Å²) in [6.45, 7) is 5.79. The highest BCUT2D eigenvalue weighted by Crippen LogP contribution is 2.05. The van der Waals surface area contributed by atoms with Crippen LogP contribution in [0.3, 0.4) is 0 Å². The van der Waals surface area contributed by atoms with Gasteiger partial charge < -0.3 is 0 Å². The zero-order valence-corrected chi connectivity index (χ0v) is 8.23. The van der Waals surface area contributed by atoms with Crippen molar-refractivity contribution in [2.24, 2.45) is 0 Å². The Balaban J connectivity index is 2.95. The Morgan fingerprint density at radius 3 is 2.42 bits per heavy atom. The molecule has 0 aromatic heterocycles. The van der Waals surface area contributed by atoms with Crippen molar-refractivity contribution in [2.45, 2.75) is 51.9 Å². The molecule has 0 heterocycles.